The zero-order valence-corrected chi connectivity index (χ0v) is 20.1. The SMILES string of the molecule is COCCN1C(=O)/C(=C\c2c(N3CCC(C(N)=O)CC3)nc3c(C)cccn3c2=O)SC1=S. The molecule has 0 bridgehead atoms. The van der Waals surface area contributed by atoms with Crippen LogP contribution in [0.15, 0.2) is 28.0 Å². The van der Waals surface area contributed by atoms with Crippen LogP contribution in [0.2, 0.25) is 0 Å². The molecule has 2 aromatic rings. The Morgan fingerprint density at radius 2 is 2.09 bits per heavy atom. The molecule has 11 heteroatoms. The predicted octanol–water partition coefficient (Wildman–Crippen LogP) is 1.55. The van der Waals surface area contributed by atoms with Gasteiger partial charge in [-0.1, -0.05) is 30.0 Å². The van der Waals surface area contributed by atoms with Gasteiger partial charge in [-0.05, 0) is 37.5 Å². The van der Waals surface area contributed by atoms with Crippen LogP contribution >= 0.6 is 24.0 Å². The summed E-state index contributed by atoms with van der Waals surface area (Å²) >= 11 is 6.53. The van der Waals surface area contributed by atoms with Crippen LogP contribution < -0.4 is 16.2 Å². The molecule has 0 spiro atoms. The lowest BCUT2D eigenvalue weighted by Gasteiger charge is -2.32. The second-order valence-corrected chi connectivity index (χ2v) is 9.70. The molecule has 4 rings (SSSR count). The number of anilines is 1. The summed E-state index contributed by atoms with van der Waals surface area (Å²) in [7, 11) is 1.56. The van der Waals surface area contributed by atoms with Crippen LogP contribution in [0, 0.1) is 12.8 Å². The number of carbonyl (C=O) groups is 2. The fourth-order valence-corrected chi connectivity index (χ4v) is 5.34. The molecule has 174 valence electrons. The highest BCUT2D eigenvalue weighted by molar-refractivity contribution is 8.26. The molecule has 0 unspecified atom stereocenters. The summed E-state index contributed by atoms with van der Waals surface area (Å²) in [5, 5.41) is 0. The van der Waals surface area contributed by atoms with Gasteiger partial charge < -0.3 is 15.4 Å². The van der Waals surface area contributed by atoms with E-state index in [9.17, 15) is 14.4 Å². The lowest BCUT2D eigenvalue weighted by molar-refractivity contribution is -0.123. The minimum Gasteiger partial charge on any atom is -0.383 e. The Morgan fingerprint density at radius 1 is 1.36 bits per heavy atom. The van der Waals surface area contributed by atoms with Gasteiger partial charge in [0.2, 0.25) is 5.91 Å². The Balaban J connectivity index is 1.79. The van der Waals surface area contributed by atoms with Crippen LogP contribution in [0.5, 0.6) is 0 Å². The first-order chi connectivity index (χ1) is 15.8. The van der Waals surface area contributed by atoms with Gasteiger partial charge in [0.05, 0.1) is 23.6 Å². The number of ether oxygens (including phenoxy) is 1. The van der Waals surface area contributed by atoms with Crippen molar-refractivity contribution in [3.05, 3.63) is 44.7 Å². The normalized spacial score (nSPS) is 18.7. The quantitative estimate of drug-likeness (QED) is 0.483. The molecular weight excluding hydrogens is 462 g/mol. The number of hydrogen-bond donors (Lipinski definition) is 1. The van der Waals surface area contributed by atoms with Gasteiger partial charge in [-0.25, -0.2) is 4.98 Å². The Kier molecular flexibility index (Phi) is 6.82. The number of aryl methyl sites for hydroxylation is 1. The summed E-state index contributed by atoms with van der Waals surface area (Å²) < 4.78 is 6.99. The van der Waals surface area contributed by atoms with Crippen LogP contribution in [0.3, 0.4) is 0 Å². The number of methoxy groups -OCH3 is 1. The smallest absolute Gasteiger partial charge is 0.267 e. The lowest BCUT2D eigenvalue weighted by Crippen LogP contribution is -2.40. The number of nitrogens with two attached hydrogens (primary N) is 1. The highest BCUT2D eigenvalue weighted by Crippen LogP contribution is 2.34. The van der Waals surface area contributed by atoms with Crippen LogP contribution in [0.25, 0.3) is 11.7 Å². The van der Waals surface area contributed by atoms with Gasteiger partial charge in [0.25, 0.3) is 11.5 Å². The molecular formula is C22H25N5O4S2. The number of nitrogens with zero attached hydrogens (tertiary/aromatic N) is 4. The van der Waals surface area contributed by atoms with Gasteiger partial charge in [0.1, 0.15) is 15.8 Å². The van der Waals surface area contributed by atoms with Gasteiger partial charge in [0.15, 0.2) is 0 Å². The number of hydrogen-bond acceptors (Lipinski definition) is 8. The number of carbonyl (C=O) groups excluding carboxylic acids is 2. The Labute approximate surface area is 200 Å². The van der Waals surface area contributed by atoms with Crippen molar-refractivity contribution in [3.63, 3.8) is 0 Å². The van der Waals surface area contributed by atoms with E-state index >= 15 is 0 Å². The highest BCUT2D eigenvalue weighted by atomic mass is 32.2. The van der Waals surface area contributed by atoms with E-state index in [0.29, 0.717) is 65.3 Å². The monoisotopic (exact) mass is 487 g/mol. The number of rotatable bonds is 6. The average Bonchev–Trinajstić information content (AvgIpc) is 3.06. The first-order valence-electron chi connectivity index (χ1n) is 10.6. The number of piperidine rings is 1. The van der Waals surface area contributed by atoms with Gasteiger partial charge in [0, 0.05) is 32.3 Å². The van der Waals surface area contributed by atoms with E-state index in [1.165, 1.54) is 9.30 Å². The summed E-state index contributed by atoms with van der Waals surface area (Å²) in [6, 6.07) is 3.68. The molecule has 2 amide bonds. The van der Waals surface area contributed by atoms with Crippen molar-refractivity contribution in [1.29, 1.82) is 0 Å². The van der Waals surface area contributed by atoms with Crippen molar-refractivity contribution in [1.82, 2.24) is 14.3 Å². The highest BCUT2D eigenvalue weighted by Gasteiger charge is 2.33. The van der Waals surface area contributed by atoms with Crippen molar-refractivity contribution in [2.45, 2.75) is 19.8 Å². The first-order valence-corrected chi connectivity index (χ1v) is 11.8. The number of amides is 2. The molecule has 2 aromatic heterocycles. The number of pyridine rings is 1. The van der Waals surface area contributed by atoms with Gasteiger partial charge in [-0.3, -0.25) is 23.7 Å². The van der Waals surface area contributed by atoms with Crippen molar-refractivity contribution in [2.75, 3.05) is 38.3 Å². The van der Waals surface area contributed by atoms with E-state index in [2.05, 4.69) is 0 Å². The minimum absolute atomic E-state index is 0.190. The van der Waals surface area contributed by atoms with E-state index < -0.39 is 0 Å². The summed E-state index contributed by atoms with van der Waals surface area (Å²) in [5.74, 6) is -0.254. The number of thioether (sulfide) groups is 1. The standard InChI is InChI=1S/C22H25N5O4S2/c1-13-4-3-7-26-18(13)24-19(25-8-5-14(6-9-25)17(23)28)15(20(26)29)12-16-21(30)27(10-11-31-2)22(32)33-16/h3-4,7,12,14H,5-6,8-11H2,1-2H3,(H2,23,28)/b16-12+. The zero-order chi connectivity index (χ0) is 23.7. The largest absolute Gasteiger partial charge is 0.383 e. The van der Waals surface area contributed by atoms with E-state index in [-0.39, 0.29) is 23.3 Å². The molecule has 0 atom stereocenters. The fraction of sp³-hybridized carbons (Fsp3) is 0.409. The molecule has 9 nitrogen and oxygen atoms in total. The van der Waals surface area contributed by atoms with Crippen LogP contribution in [-0.4, -0.2) is 63.8 Å². The molecule has 2 fully saturated rings. The first kappa shape index (κ1) is 23.4. The van der Waals surface area contributed by atoms with E-state index in [0.717, 1.165) is 17.3 Å². The van der Waals surface area contributed by atoms with Crippen molar-refractivity contribution in [3.8, 4) is 0 Å². The molecule has 0 aliphatic carbocycles. The Bertz CT molecular complexity index is 1220. The second-order valence-electron chi connectivity index (χ2n) is 8.03. The Hall–Kier alpha value is -2.76. The molecule has 33 heavy (non-hydrogen) atoms. The molecule has 2 aliphatic heterocycles. The maximum absolute atomic E-state index is 13.5. The summed E-state index contributed by atoms with van der Waals surface area (Å²) in [5.41, 5.74) is 6.96. The molecule has 0 radical (unpaired) electrons. The molecule has 0 saturated carbocycles. The third kappa shape index (κ3) is 4.53. The van der Waals surface area contributed by atoms with Crippen LogP contribution in [0.4, 0.5) is 5.82 Å². The minimum atomic E-state index is -0.308. The molecule has 2 saturated heterocycles. The van der Waals surface area contributed by atoms with Crippen LogP contribution in [-0.2, 0) is 14.3 Å². The predicted molar refractivity (Wildman–Crippen MR) is 132 cm³/mol. The van der Waals surface area contributed by atoms with Gasteiger partial charge >= 0.3 is 0 Å². The van der Waals surface area contributed by atoms with E-state index in [1.54, 1.807) is 25.4 Å². The Morgan fingerprint density at radius 3 is 2.76 bits per heavy atom. The number of primary amides is 1. The van der Waals surface area contributed by atoms with Crippen molar-refractivity contribution < 1.29 is 14.3 Å². The third-order valence-corrected chi connectivity index (χ3v) is 7.31. The third-order valence-electron chi connectivity index (χ3n) is 5.93. The maximum atomic E-state index is 13.5. The van der Waals surface area contributed by atoms with E-state index in [1.807, 2.05) is 17.9 Å². The lowest BCUT2D eigenvalue weighted by atomic mass is 9.96. The number of thiocarbonyl (C=S) groups is 1. The molecule has 2 aliphatic rings. The summed E-state index contributed by atoms with van der Waals surface area (Å²) in [6.45, 7) is 3.68. The van der Waals surface area contributed by atoms with Crippen molar-refractivity contribution in [2.24, 2.45) is 11.7 Å². The zero-order valence-electron chi connectivity index (χ0n) is 18.4. The van der Waals surface area contributed by atoms with E-state index in [4.69, 9.17) is 27.7 Å². The molecule has 0 aromatic carbocycles. The molecule has 2 N–H and O–H groups in total. The summed E-state index contributed by atoms with van der Waals surface area (Å²) in [4.78, 5) is 46.8. The summed E-state index contributed by atoms with van der Waals surface area (Å²) in [6.07, 6.45) is 4.43. The molecule has 4 heterocycles. The fourth-order valence-electron chi connectivity index (χ4n) is 4.05. The van der Waals surface area contributed by atoms with Crippen LogP contribution in [0.1, 0.15) is 24.0 Å². The average molecular weight is 488 g/mol. The number of aromatic nitrogens is 2. The second kappa shape index (κ2) is 9.62. The topological polar surface area (TPSA) is 110 Å². The number of fused-ring (bicyclic) bond motifs is 1. The van der Waals surface area contributed by atoms with Crippen molar-refractivity contribution >= 4 is 57.7 Å². The van der Waals surface area contributed by atoms with Gasteiger partial charge in [-0.2, -0.15) is 0 Å². The van der Waals surface area contributed by atoms with Gasteiger partial charge in [-0.15, -0.1) is 0 Å². The maximum Gasteiger partial charge on any atom is 0.267 e.